The van der Waals surface area contributed by atoms with Gasteiger partial charge in [0.2, 0.25) is 0 Å². The summed E-state index contributed by atoms with van der Waals surface area (Å²) in [6.07, 6.45) is 5.17. The summed E-state index contributed by atoms with van der Waals surface area (Å²) >= 11 is 0. The van der Waals surface area contributed by atoms with E-state index >= 15 is 0 Å². The molecule has 108 valence electrons. The van der Waals surface area contributed by atoms with Gasteiger partial charge in [-0.2, -0.15) is 0 Å². The molecule has 20 heavy (non-hydrogen) atoms. The highest BCUT2D eigenvalue weighted by Crippen LogP contribution is 2.39. The van der Waals surface area contributed by atoms with Crippen LogP contribution >= 0.6 is 0 Å². The second-order valence-corrected chi connectivity index (χ2v) is 5.54. The Morgan fingerprint density at radius 3 is 2.65 bits per heavy atom. The molecule has 0 saturated heterocycles. The third-order valence-corrected chi connectivity index (χ3v) is 4.25. The summed E-state index contributed by atoms with van der Waals surface area (Å²) in [7, 11) is 0. The normalized spacial score (nSPS) is 18.4. The van der Waals surface area contributed by atoms with E-state index in [0.29, 0.717) is 19.2 Å². The zero-order valence-corrected chi connectivity index (χ0v) is 12.0. The van der Waals surface area contributed by atoms with E-state index < -0.39 is 0 Å². The van der Waals surface area contributed by atoms with E-state index in [2.05, 4.69) is 28.0 Å². The second-order valence-electron chi connectivity index (χ2n) is 5.54. The minimum Gasteiger partial charge on any atom is -0.465 e. The van der Waals surface area contributed by atoms with E-state index in [1.165, 1.54) is 31.4 Å². The molecule has 1 aromatic rings. The van der Waals surface area contributed by atoms with Gasteiger partial charge in [-0.1, -0.05) is 25.0 Å². The molecule has 1 saturated carbocycles. The van der Waals surface area contributed by atoms with Crippen molar-refractivity contribution in [2.45, 2.75) is 38.6 Å². The fourth-order valence-corrected chi connectivity index (χ4v) is 3.34. The van der Waals surface area contributed by atoms with Crippen LogP contribution in [0.15, 0.2) is 24.3 Å². The lowest BCUT2D eigenvalue weighted by Crippen LogP contribution is -2.39. The Morgan fingerprint density at radius 1 is 1.25 bits per heavy atom. The topological polar surface area (TPSA) is 32.8 Å². The van der Waals surface area contributed by atoms with Crippen LogP contribution in [0.2, 0.25) is 0 Å². The largest absolute Gasteiger partial charge is 0.465 e. The van der Waals surface area contributed by atoms with Crippen LogP contribution in [0.1, 0.15) is 32.6 Å². The van der Waals surface area contributed by atoms with Gasteiger partial charge in [0.1, 0.15) is 6.54 Å². The zero-order valence-electron chi connectivity index (χ0n) is 12.0. The highest BCUT2D eigenvalue weighted by molar-refractivity contribution is 5.83. The first-order valence-electron chi connectivity index (χ1n) is 7.56. The molecule has 0 N–H and O–H groups in total. The van der Waals surface area contributed by atoms with E-state index in [-0.39, 0.29) is 5.97 Å². The van der Waals surface area contributed by atoms with Crippen LogP contribution in [0.3, 0.4) is 0 Å². The van der Waals surface area contributed by atoms with Crippen molar-refractivity contribution in [2.75, 3.05) is 29.6 Å². The van der Waals surface area contributed by atoms with Gasteiger partial charge in [0, 0.05) is 6.04 Å². The summed E-state index contributed by atoms with van der Waals surface area (Å²) in [5, 5.41) is 0. The predicted molar refractivity (Wildman–Crippen MR) is 80.0 cm³/mol. The zero-order chi connectivity index (χ0) is 13.9. The molecular formula is C16H22N2O2. The number of nitrogens with zero attached hydrogens (tertiary/aromatic N) is 2. The van der Waals surface area contributed by atoms with Crippen LogP contribution in [-0.2, 0) is 9.53 Å². The van der Waals surface area contributed by atoms with Crippen molar-refractivity contribution in [3.8, 4) is 0 Å². The maximum Gasteiger partial charge on any atom is 0.325 e. The second kappa shape index (κ2) is 5.73. The highest BCUT2D eigenvalue weighted by Gasteiger charge is 2.32. The predicted octanol–water partition coefficient (Wildman–Crippen LogP) is 2.78. The molecule has 0 amide bonds. The maximum absolute atomic E-state index is 11.8. The fourth-order valence-electron chi connectivity index (χ4n) is 3.34. The van der Waals surface area contributed by atoms with E-state index in [9.17, 15) is 4.79 Å². The number of rotatable bonds is 4. The van der Waals surface area contributed by atoms with Crippen molar-refractivity contribution in [3.63, 3.8) is 0 Å². The number of hydrogen-bond donors (Lipinski definition) is 0. The Kier molecular flexibility index (Phi) is 3.81. The molecule has 2 aliphatic rings. The van der Waals surface area contributed by atoms with Crippen molar-refractivity contribution in [2.24, 2.45) is 0 Å². The molecule has 1 aliphatic carbocycles. The molecule has 0 spiro atoms. The van der Waals surface area contributed by atoms with E-state index in [1.54, 1.807) is 0 Å². The summed E-state index contributed by atoms with van der Waals surface area (Å²) < 4.78 is 5.08. The van der Waals surface area contributed by atoms with Gasteiger partial charge in [-0.15, -0.1) is 0 Å². The Morgan fingerprint density at radius 2 is 1.95 bits per heavy atom. The monoisotopic (exact) mass is 274 g/mol. The van der Waals surface area contributed by atoms with Crippen LogP contribution < -0.4 is 9.80 Å². The van der Waals surface area contributed by atoms with Gasteiger partial charge in [-0.05, 0) is 31.9 Å². The minimum absolute atomic E-state index is 0.143. The lowest BCUT2D eigenvalue weighted by Gasteiger charge is -2.27. The molecule has 4 nitrogen and oxygen atoms in total. The number of carbonyl (C=O) groups is 1. The highest BCUT2D eigenvalue weighted by atomic mass is 16.5. The molecule has 3 rings (SSSR count). The smallest absolute Gasteiger partial charge is 0.325 e. The quantitative estimate of drug-likeness (QED) is 0.790. The van der Waals surface area contributed by atoms with Crippen molar-refractivity contribution in [1.82, 2.24) is 0 Å². The summed E-state index contributed by atoms with van der Waals surface area (Å²) in [5.74, 6) is -0.143. The van der Waals surface area contributed by atoms with Gasteiger partial charge < -0.3 is 14.5 Å². The van der Waals surface area contributed by atoms with Gasteiger partial charge in [-0.3, -0.25) is 4.79 Å². The molecule has 0 radical (unpaired) electrons. The number of anilines is 2. The van der Waals surface area contributed by atoms with Crippen LogP contribution in [0.4, 0.5) is 11.4 Å². The third-order valence-electron chi connectivity index (χ3n) is 4.25. The lowest BCUT2D eigenvalue weighted by atomic mass is 10.2. The van der Waals surface area contributed by atoms with Crippen LogP contribution in [0.25, 0.3) is 0 Å². The van der Waals surface area contributed by atoms with Gasteiger partial charge >= 0.3 is 5.97 Å². The number of ether oxygens (including phenoxy) is 1. The van der Waals surface area contributed by atoms with Crippen LogP contribution in [0, 0.1) is 0 Å². The molecule has 4 heteroatoms. The number of benzene rings is 1. The van der Waals surface area contributed by atoms with Gasteiger partial charge in [0.25, 0.3) is 0 Å². The summed E-state index contributed by atoms with van der Waals surface area (Å²) in [4.78, 5) is 16.3. The third kappa shape index (κ3) is 2.47. The average molecular weight is 274 g/mol. The Balaban J connectivity index is 1.79. The van der Waals surface area contributed by atoms with Crippen LogP contribution in [-0.4, -0.2) is 31.8 Å². The summed E-state index contributed by atoms with van der Waals surface area (Å²) in [6.45, 7) is 3.44. The van der Waals surface area contributed by atoms with Crippen LogP contribution in [0.5, 0.6) is 0 Å². The van der Waals surface area contributed by atoms with Gasteiger partial charge in [0.05, 0.1) is 24.7 Å². The summed E-state index contributed by atoms with van der Waals surface area (Å²) in [5.41, 5.74) is 2.43. The average Bonchev–Trinajstić information content (AvgIpc) is 3.07. The standard InChI is InChI=1S/C16H22N2O2/c1-2-20-16(19)11-17-12-18(13-7-3-4-8-13)15-10-6-5-9-14(15)17/h5-6,9-10,13H,2-4,7-8,11-12H2,1H3. The lowest BCUT2D eigenvalue weighted by molar-refractivity contribution is -0.141. The van der Waals surface area contributed by atoms with E-state index in [4.69, 9.17) is 4.74 Å². The maximum atomic E-state index is 11.8. The minimum atomic E-state index is -0.143. The first-order valence-corrected chi connectivity index (χ1v) is 7.56. The number of carbonyl (C=O) groups excluding carboxylic acids is 1. The van der Waals surface area contributed by atoms with Gasteiger partial charge in [-0.25, -0.2) is 0 Å². The molecule has 0 aromatic heterocycles. The van der Waals surface area contributed by atoms with Crippen molar-refractivity contribution in [1.29, 1.82) is 0 Å². The van der Waals surface area contributed by atoms with E-state index in [0.717, 1.165) is 12.4 Å². The first kappa shape index (κ1) is 13.3. The molecule has 0 unspecified atom stereocenters. The molecule has 1 fully saturated rings. The first-order chi connectivity index (χ1) is 9.79. The van der Waals surface area contributed by atoms with E-state index in [1.807, 2.05) is 13.0 Å². The number of fused-ring (bicyclic) bond motifs is 1. The molecule has 0 atom stereocenters. The van der Waals surface area contributed by atoms with Crippen molar-refractivity contribution >= 4 is 17.3 Å². The van der Waals surface area contributed by atoms with Crippen molar-refractivity contribution in [3.05, 3.63) is 24.3 Å². The number of para-hydroxylation sites is 2. The summed E-state index contributed by atoms with van der Waals surface area (Å²) in [6, 6.07) is 9.01. The SMILES string of the molecule is CCOC(=O)CN1CN(C2CCCC2)c2ccccc21. The Hall–Kier alpha value is -1.71. The fraction of sp³-hybridized carbons (Fsp3) is 0.562. The molecule has 1 aromatic carbocycles. The Bertz CT molecular complexity index is 483. The van der Waals surface area contributed by atoms with Gasteiger partial charge in [0.15, 0.2) is 0 Å². The molecule has 0 bridgehead atoms. The number of hydrogen-bond acceptors (Lipinski definition) is 4. The molecular weight excluding hydrogens is 252 g/mol. The Labute approximate surface area is 120 Å². The molecule has 1 heterocycles. The van der Waals surface area contributed by atoms with Crippen molar-refractivity contribution < 1.29 is 9.53 Å². The molecule has 1 aliphatic heterocycles. The number of esters is 1.